The Morgan fingerprint density at radius 2 is 2.16 bits per heavy atom. The minimum absolute atomic E-state index is 0.0731. The van der Waals surface area contributed by atoms with Gasteiger partial charge in [0.05, 0.1) is 11.7 Å². The third kappa shape index (κ3) is 1.51. The lowest BCUT2D eigenvalue weighted by atomic mass is 10.0. The van der Waals surface area contributed by atoms with Crippen molar-refractivity contribution in [1.82, 2.24) is 0 Å². The van der Waals surface area contributed by atoms with Crippen molar-refractivity contribution in [1.29, 1.82) is 0 Å². The second kappa shape index (κ2) is 3.92. The molecule has 94 valence electrons. The summed E-state index contributed by atoms with van der Waals surface area (Å²) in [4.78, 5) is 19.2. The summed E-state index contributed by atoms with van der Waals surface area (Å²) in [6, 6.07) is 8.23. The van der Waals surface area contributed by atoms with E-state index in [0.29, 0.717) is 0 Å². The van der Waals surface area contributed by atoms with E-state index in [1.54, 1.807) is 0 Å². The van der Waals surface area contributed by atoms with Gasteiger partial charge in [0.1, 0.15) is 0 Å². The van der Waals surface area contributed by atoms with Crippen LogP contribution < -0.4 is 4.90 Å². The number of hydrogen-bond acceptors (Lipinski definition) is 2. The molecule has 0 bridgehead atoms. The second-order valence-corrected chi connectivity index (χ2v) is 5.16. The molecule has 19 heavy (non-hydrogen) atoms. The van der Waals surface area contributed by atoms with E-state index in [1.165, 1.54) is 5.56 Å². The maximum absolute atomic E-state index is 12.8. The van der Waals surface area contributed by atoms with Gasteiger partial charge in [0, 0.05) is 23.9 Å². The lowest BCUT2D eigenvalue weighted by molar-refractivity contribution is -0.115. The molecule has 2 aliphatic heterocycles. The van der Waals surface area contributed by atoms with E-state index in [4.69, 9.17) is 0 Å². The predicted molar refractivity (Wildman–Crippen MR) is 75.3 cm³/mol. The highest BCUT2D eigenvalue weighted by molar-refractivity contribution is 6.11. The van der Waals surface area contributed by atoms with Crippen molar-refractivity contribution in [2.45, 2.75) is 25.3 Å². The SMILES string of the molecule is O=C1C2=C(C=CCC2)N=C[C@@H]2Cc3ccccc3N12. The number of fused-ring (bicyclic) bond motifs is 3. The summed E-state index contributed by atoms with van der Waals surface area (Å²) in [5, 5.41) is 0. The minimum Gasteiger partial charge on any atom is -0.300 e. The van der Waals surface area contributed by atoms with E-state index in [9.17, 15) is 4.79 Å². The first-order chi connectivity index (χ1) is 9.34. The molecule has 0 radical (unpaired) electrons. The molecule has 1 atom stereocenters. The Morgan fingerprint density at radius 1 is 1.26 bits per heavy atom. The topological polar surface area (TPSA) is 32.7 Å². The average molecular weight is 250 g/mol. The molecule has 1 aromatic rings. The number of allylic oxidation sites excluding steroid dienone is 2. The number of amides is 1. The first-order valence-electron chi connectivity index (χ1n) is 6.70. The number of aliphatic imine (C=N–C) groups is 1. The van der Waals surface area contributed by atoms with Gasteiger partial charge < -0.3 is 0 Å². The number of rotatable bonds is 0. The van der Waals surface area contributed by atoms with Crippen LogP contribution >= 0.6 is 0 Å². The van der Waals surface area contributed by atoms with Gasteiger partial charge >= 0.3 is 0 Å². The number of anilines is 1. The smallest absolute Gasteiger partial charge is 0.257 e. The Hall–Kier alpha value is -2.16. The van der Waals surface area contributed by atoms with Gasteiger partial charge in [0.2, 0.25) is 0 Å². The van der Waals surface area contributed by atoms with Crippen LogP contribution in [0.5, 0.6) is 0 Å². The highest BCUT2D eigenvalue weighted by Crippen LogP contribution is 2.36. The zero-order chi connectivity index (χ0) is 12.8. The van der Waals surface area contributed by atoms with Crippen LogP contribution in [0.1, 0.15) is 18.4 Å². The first kappa shape index (κ1) is 10.7. The summed E-state index contributed by atoms with van der Waals surface area (Å²) in [6.45, 7) is 0. The molecular formula is C16H14N2O. The Kier molecular flexibility index (Phi) is 2.21. The Morgan fingerprint density at radius 3 is 3.11 bits per heavy atom. The molecular weight excluding hydrogens is 236 g/mol. The molecule has 3 aliphatic rings. The van der Waals surface area contributed by atoms with Crippen molar-refractivity contribution in [3.05, 3.63) is 53.3 Å². The highest BCUT2D eigenvalue weighted by Gasteiger charge is 2.36. The molecule has 0 N–H and O–H groups in total. The number of hydrogen-bond donors (Lipinski definition) is 0. The second-order valence-electron chi connectivity index (χ2n) is 5.16. The Labute approximate surface area is 112 Å². The van der Waals surface area contributed by atoms with Crippen LogP contribution in [0, 0.1) is 0 Å². The van der Waals surface area contributed by atoms with Crippen LogP contribution in [0.15, 0.2) is 52.7 Å². The van der Waals surface area contributed by atoms with E-state index in [2.05, 4.69) is 17.1 Å². The Bertz CT molecular complexity index is 654. The van der Waals surface area contributed by atoms with Crippen LogP contribution in [-0.2, 0) is 11.2 Å². The van der Waals surface area contributed by atoms with Crippen molar-refractivity contribution < 1.29 is 4.79 Å². The van der Waals surface area contributed by atoms with Crippen LogP contribution in [0.2, 0.25) is 0 Å². The molecule has 0 aromatic heterocycles. The third-order valence-corrected chi connectivity index (χ3v) is 4.02. The van der Waals surface area contributed by atoms with Crippen LogP contribution in [0.3, 0.4) is 0 Å². The Balaban J connectivity index is 1.85. The molecule has 0 saturated heterocycles. The summed E-state index contributed by atoms with van der Waals surface area (Å²) in [5.74, 6) is 0.131. The van der Waals surface area contributed by atoms with E-state index in [1.807, 2.05) is 35.4 Å². The van der Waals surface area contributed by atoms with Crippen molar-refractivity contribution in [3.63, 3.8) is 0 Å². The van der Waals surface area contributed by atoms with Gasteiger partial charge in [-0.1, -0.05) is 24.3 Å². The van der Waals surface area contributed by atoms with Gasteiger partial charge in [-0.3, -0.25) is 14.7 Å². The summed E-state index contributed by atoms with van der Waals surface area (Å²) in [7, 11) is 0. The fourth-order valence-electron chi connectivity index (χ4n) is 3.09. The third-order valence-electron chi connectivity index (χ3n) is 4.02. The van der Waals surface area contributed by atoms with Crippen molar-refractivity contribution >= 4 is 17.8 Å². The fourth-order valence-corrected chi connectivity index (χ4v) is 3.09. The van der Waals surface area contributed by atoms with Gasteiger partial charge in [0.15, 0.2) is 0 Å². The number of nitrogens with zero attached hydrogens (tertiary/aromatic N) is 2. The zero-order valence-electron chi connectivity index (χ0n) is 10.5. The van der Waals surface area contributed by atoms with Gasteiger partial charge in [-0.2, -0.15) is 0 Å². The lowest BCUT2D eigenvalue weighted by Gasteiger charge is -2.23. The van der Waals surface area contributed by atoms with Crippen LogP contribution in [-0.4, -0.2) is 18.2 Å². The number of benzene rings is 1. The standard InChI is InChI=1S/C16H14N2O/c19-16-13-6-2-3-7-14(13)17-10-12-9-11-5-1-4-8-15(11)18(12)16/h1,3-5,7-8,10,12H,2,6,9H2/t12-/m0/s1. The molecule has 0 saturated carbocycles. The molecule has 3 heteroatoms. The molecule has 2 heterocycles. The summed E-state index contributed by atoms with van der Waals surface area (Å²) >= 11 is 0. The van der Waals surface area contributed by atoms with Gasteiger partial charge in [-0.15, -0.1) is 0 Å². The maximum atomic E-state index is 12.8. The molecule has 3 nitrogen and oxygen atoms in total. The normalized spacial score (nSPS) is 24.1. The van der Waals surface area contributed by atoms with Crippen molar-refractivity contribution in [2.75, 3.05) is 4.90 Å². The molecule has 0 fully saturated rings. The lowest BCUT2D eigenvalue weighted by Crippen LogP contribution is -2.38. The molecule has 1 aromatic carbocycles. The fraction of sp³-hybridized carbons (Fsp3) is 0.250. The quantitative estimate of drug-likeness (QED) is 0.696. The monoisotopic (exact) mass is 250 g/mol. The molecule has 4 rings (SSSR count). The number of carbonyl (C=O) groups is 1. The number of para-hydroxylation sites is 1. The largest absolute Gasteiger partial charge is 0.300 e. The summed E-state index contributed by atoms with van der Waals surface area (Å²) < 4.78 is 0. The van der Waals surface area contributed by atoms with Gasteiger partial charge in [0.25, 0.3) is 5.91 Å². The predicted octanol–water partition coefficient (Wildman–Crippen LogP) is 2.63. The summed E-state index contributed by atoms with van der Waals surface area (Å²) in [5.41, 5.74) is 4.00. The summed E-state index contributed by atoms with van der Waals surface area (Å²) in [6.07, 6.45) is 8.59. The number of carbonyl (C=O) groups excluding carboxylic acids is 1. The van der Waals surface area contributed by atoms with Gasteiger partial charge in [-0.25, -0.2) is 0 Å². The average Bonchev–Trinajstić information content (AvgIpc) is 2.76. The van der Waals surface area contributed by atoms with E-state index in [-0.39, 0.29) is 11.9 Å². The highest BCUT2D eigenvalue weighted by atomic mass is 16.2. The van der Waals surface area contributed by atoms with Gasteiger partial charge in [-0.05, 0) is 30.5 Å². The van der Waals surface area contributed by atoms with Crippen LogP contribution in [0.25, 0.3) is 0 Å². The molecule has 0 spiro atoms. The first-order valence-corrected chi connectivity index (χ1v) is 6.70. The molecule has 1 amide bonds. The zero-order valence-corrected chi connectivity index (χ0v) is 10.5. The maximum Gasteiger partial charge on any atom is 0.257 e. The van der Waals surface area contributed by atoms with Crippen LogP contribution in [0.4, 0.5) is 5.69 Å². The van der Waals surface area contributed by atoms with E-state index >= 15 is 0 Å². The minimum atomic E-state index is 0.0731. The van der Waals surface area contributed by atoms with Crippen molar-refractivity contribution in [3.8, 4) is 0 Å². The van der Waals surface area contributed by atoms with Crippen molar-refractivity contribution in [2.24, 2.45) is 4.99 Å². The molecule has 0 unspecified atom stereocenters. The van der Waals surface area contributed by atoms with E-state index in [0.717, 1.165) is 36.2 Å². The molecule has 1 aliphatic carbocycles. The van der Waals surface area contributed by atoms with E-state index < -0.39 is 0 Å².